The van der Waals surface area contributed by atoms with Crippen molar-refractivity contribution in [2.24, 2.45) is 0 Å². The Morgan fingerprint density at radius 2 is 2.50 bits per heavy atom. The van der Waals surface area contributed by atoms with Crippen molar-refractivity contribution in [2.45, 2.75) is 25.8 Å². The van der Waals surface area contributed by atoms with Gasteiger partial charge in [0.2, 0.25) is 5.91 Å². The van der Waals surface area contributed by atoms with Crippen molar-refractivity contribution >= 4 is 5.91 Å². The lowest BCUT2D eigenvalue weighted by Crippen LogP contribution is -2.54. The second kappa shape index (κ2) is 2.47. The van der Waals surface area contributed by atoms with E-state index in [2.05, 4.69) is 12.7 Å². The molecule has 2 nitrogen and oxygen atoms in total. The van der Waals surface area contributed by atoms with Crippen molar-refractivity contribution in [3.63, 3.8) is 0 Å². The van der Waals surface area contributed by atoms with Crippen LogP contribution in [-0.2, 0) is 4.79 Å². The molecule has 1 amide bonds. The first kappa shape index (κ1) is 7.59. The molecule has 0 aromatic carbocycles. The number of carbonyl (C=O) groups is 1. The van der Waals surface area contributed by atoms with E-state index in [1.54, 1.807) is 0 Å². The molecule has 1 fully saturated rings. The molecule has 0 aliphatic carbocycles. The van der Waals surface area contributed by atoms with Gasteiger partial charge in [0, 0.05) is 19.0 Å². The van der Waals surface area contributed by atoms with Crippen LogP contribution in [0.25, 0.3) is 0 Å². The Morgan fingerprint density at radius 1 is 1.75 bits per heavy atom. The van der Waals surface area contributed by atoms with E-state index in [0.717, 1.165) is 25.0 Å². The van der Waals surface area contributed by atoms with Crippen LogP contribution in [0.3, 0.4) is 0 Å². The second-order valence-corrected chi connectivity index (χ2v) is 3.62. The van der Waals surface area contributed by atoms with E-state index in [9.17, 15) is 4.79 Å². The van der Waals surface area contributed by atoms with Crippen LogP contribution < -0.4 is 0 Å². The van der Waals surface area contributed by atoms with Crippen LogP contribution >= 0.6 is 0 Å². The van der Waals surface area contributed by atoms with Crippen LogP contribution in [0.15, 0.2) is 23.8 Å². The Kier molecular flexibility index (Phi) is 1.56. The third-order valence-electron chi connectivity index (χ3n) is 2.70. The number of fused-ring (bicyclic) bond motifs is 1. The molecule has 2 aliphatic heterocycles. The van der Waals surface area contributed by atoms with Gasteiger partial charge in [0.25, 0.3) is 0 Å². The molecular formula is C10H13NO. The fourth-order valence-electron chi connectivity index (χ4n) is 1.78. The quantitative estimate of drug-likeness (QED) is 0.536. The summed E-state index contributed by atoms with van der Waals surface area (Å²) < 4.78 is 0. The van der Waals surface area contributed by atoms with Gasteiger partial charge >= 0.3 is 0 Å². The average molecular weight is 163 g/mol. The van der Waals surface area contributed by atoms with E-state index in [-0.39, 0.29) is 0 Å². The van der Waals surface area contributed by atoms with Crippen LogP contribution in [0.5, 0.6) is 0 Å². The summed E-state index contributed by atoms with van der Waals surface area (Å²) in [7, 11) is 0. The SMILES string of the molecule is C=C(C)C1=CCC2CC(=O)N2C1. The molecule has 2 aliphatic rings. The Balaban J connectivity index is 2.13. The van der Waals surface area contributed by atoms with Gasteiger partial charge in [-0.1, -0.05) is 18.2 Å². The van der Waals surface area contributed by atoms with Gasteiger partial charge in [0.1, 0.15) is 0 Å². The highest BCUT2D eigenvalue weighted by Gasteiger charge is 2.37. The maximum Gasteiger partial charge on any atom is 0.225 e. The summed E-state index contributed by atoms with van der Waals surface area (Å²) >= 11 is 0. The minimum atomic E-state index is 0.298. The molecule has 1 unspecified atom stereocenters. The lowest BCUT2D eigenvalue weighted by Gasteiger charge is -2.43. The van der Waals surface area contributed by atoms with E-state index in [0.29, 0.717) is 11.9 Å². The normalized spacial score (nSPS) is 27.4. The van der Waals surface area contributed by atoms with E-state index < -0.39 is 0 Å². The highest BCUT2D eigenvalue weighted by molar-refractivity contribution is 5.84. The van der Waals surface area contributed by atoms with Crippen LogP contribution in [0, 0.1) is 0 Å². The van der Waals surface area contributed by atoms with E-state index in [4.69, 9.17) is 0 Å². The van der Waals surface area contributed by atoms with Gasteiger partial charge in [-0.2, -0.15) is 0 Å². The Morgan fingerprint density at radius 3 is 3.08 bits per heavy atom. The predicted octanol–water partition coefficient (Wildman–Crippen LogP) is 1.49. The predicted molar refractivity (Wildman–Crippen MR) is 47.6 cm³/mol. The second-order valence-electron chi connectivity index (χ2n) is 3.62. The maximum atomic E-state index is 11.1. The third kappa shape index (κ3) is 0.986. The van der Waals surface area contributed by atoms with Crippen molar-refractivity contribution in [3.8, 4) is 0 Å². The van der Waals surface area contributed by atoms with E-state index >= 15 is 0 Å². The summed E-state index contributed by atoms with van der Waals surface area (Å²) in [5.74, 6) is 0.298. The molecule has 0 aromatic heterocycles. The molecule has 2 heterocycles. The monoisotopic (exact) mass is 163 g/mol. The van der Waals surface area contributed by atoms with E-state index in [1.807, 2.05) is 11.8 Å². The number of rotatable bonds is 1. The van der Waals surface area contributed by atoms with Gasteiger partial charge in [-0.15, -0.1) is 0 Å². The maximum absolute atomic E-state index is 11.1. The largest absolute Gasteiger partial charge is 0.334 e. The number of nitrogens with zero attached hydrogens (tertiary/aromatic N) is 1. The summed E-state index contributed by atoms with van der Waals surface area (Å²) in [6, 6.07) is 0.501. The minimum absolute atomic E-state index is 0.298. The Bertz CT molecular complexity index is 278. The first-order valence-electron chi connectivity index (χ1n) is 4.33. The summed E-state index contributed by atoms with van der Waals surface area (Å²) in [6.07, 6.45) is 3.99. The van der Waals surface area contributed by atoms with E-state index in [1.165, 1.54) is 5.57 Å². The highest BCUT2D eigenvalue weighted by Crippen LogP contribution is 2.29. The molecule has 0 saturated carbocycles. The fraction of sp³-hybridized carbons (Fsp3) is 0.500. The minimum Gasteiger partial charge on any atom is -0.334 e. The topological polar surface area (TPSA) is 20.3 Å². The van der Waals surface area contributed by atoms with Gasteiger partial charge in [0.15, 0.2) is 0 Å². The molecule has 0 N–H and O–H groups in total. The molecule has 1 atom stereocenters. The highest BCUT2D eigenvalue weighted by atomic mass is 16.2. The number of hydrogen-bond acceptors (Lipinski definition) is 1. The molecule has 2 heteroatoms. The Hall–Kier alpha value is -1.05. The van der Waals surface area contributed by atoms with Gasteiger partial charge in [-0.05, 0) is 18.9 Å². The third-order valence-corrected chi connectivity index (χ3v) is 2.70. The van der Waals surface area contributed by atoms with Crippen LogP contribution in [-0.4, -0.2) is 23.4 Å². The molecule has 1 saturated heterocycles. The zero-order chi connectivity index (χ0) is 8.72. The van der Waals surface area contributed by atoms with Crippen molar-refractivity contribution in [2.75, 3.05) is 6.54 Å². The van der Waals surface area contributed by atoms with Crippen LogP contribution in [0.1, 0.15) is 19.8 Å². The van der Waals surface area contributed by atoms with Crippen molar-refractivity contribution in [3.05, 3.63) is 23.8 Å². The standard InChI is InChI=1S/C10H13NO/c1-7(2)8-3-4-9-5-10(12)11(9)6-8/h3,9H,1,4-6H2,2H3. The molecular weight excluding hydrogens is 150 g/mol. The van der Waals surface area contributed by atoms with Crippen molar-refractivity contribution < 1.29 is 4.79 Å². The van der Waals surface area contributed by atoms with Gasteiger partial charge < -0.3 is 4.90 Å². The summed E-state index contributed by atoms with van der Waals surface area (Å²) in [4.78, 5) is 13.1. The first-order chi connectivity index (χ1) is 5.68. The zero-order valence-electron chi connectivity index (χ0n) is 7.34. The van der Waals surface area contributed by atoms with Gasteiger partial charge in [-0.3, -0.25) is 4.79 Å². The lowest BCUT2D eigenvalue weighted by molar-refractivity contribution is -0.145. The fourth-order valence-corrected chi connectivity index (χ4v) is 1.78. The molecule has 0 radical (unpaired) electrons. The van der Waals surface area contributed by atoms with Gasteiger partial charge in [0.05, 0.1) is 0 Å². The molecule has 2 rings (SSSR count). The first-order valence-corrected chi connectivity index (χ1v) is 4.33. The van der Waals surface area contributed by atoms with Crippen molar-refractivity contribution in [1.82, 2.24) is 4.90 Å². The van der Waals surface area contributed by atoms with Crippen LogP contribution in [0.4, 0.5) is 0 Å². The molecule has 0 aromatic rings. The lowest BCUT2D eigenvalue weighted by atomic mass is 9.90. The number of carbonyl (C=O) groups excluding carboxylic acids is 1. The number of hydrogen-bond donors (Lipinski definition) is 0. The molecule has 0 spiro atoms. The summed E-state index contributed by atoms with van der Waals surface area (Å²) in [6.45, 7) is 6.67. The smallest absolute Gasteiger partial charge is 0.225 e. The van der Waals surface area contributed by atoms with Gasteiger partial charge in [-0.25, -0.2) is 0 Å². The number of β-lactam (4-membered cyclic amide) rings is 1. The average Bonchev–Trinajstić information content (AvgIpc) is 2.02. The van der Waals surface area contributed by atoms with Crippen molar-refractivity contribution in [1.29, 1.82) is 0 Å². The number of amides is 1. The summed E-state index contributed by atoms with van der Waals surface area (Å²) in [5, 5.41) is 0. The molecule has 0 bridgehead atoms. The molecule has 64 valence electrons. The van der Waals surface area contributed by atoms with Crippen LogP contribution in [0.2, 0.25) is 0 Å². The summed E-state index contributed by atoms with van der Waals surface area (Å²) in [5.41, 5.74) is 2.33. The molecule has 12 heavy (non-hydrogen) atoms. The Labute approximate surface area is 72.6 Å². The zero-order valence-corrected chi connectivity index (χ0v) is 7.34.